The molecule has 6 heteroatoms. The van der Waals surface area contributed by atoms with Crippen LogP contribution in [-0.4, -0.2) is 47.8 Å². The van der Waals surface area contributed by atoms with Gasteiger partial charge in [-0.1, -0.05) is 48.5 Å². The third-order valence-corrected chi connectivity index (χ3v) is 5.79. The summed E-state index contributed by atoms with van der Waals surface area (Å²) in [6, 6.07) is 18.8. The summed E-state index contributed by atoms with van der Waals surface area (Å²) >= 11 is 0. The molecule has 0 spiro atoms. The summed E-state index contributed by atoms with van der Waals surface area (Å²) in [5.41, 5.74) is 3.88. The Bertz CT molecular complexity index is 1020. The fourth-order valence-corrected chi connectivity index (χ4v) is 4.11. The number of nitrogens with one attached hydrogen (secondary N) is 1. The normalized spacial score (nSPS) is 15.5. The van der Waals surface area contributed by atoms with Gasteiger partial charge in [-0.05, 0) is 42.7 Å². The van der Waals surface area contributed by atoms with Crippen LogP contribution in [0.3, 0.4) is 0 Å². The number of piperazine rings is 1. The van der Waals surface area contributed by atoms with Crippen LogP contribution in [0.5, 0.6) is 0 Å². The highest BCUT2D eigenvalue weighted by molar-refractivity contribution is 5.97. The number of benzene rings is 2. The van der Waals surface area contributed by atoms with Gasteiger partial charge < -0.3 is 14.6 Å². The number of hydrogen-bond donors (Lipinski definition) is 1. The van der Waals surface area contributed by atoms with Crippen molar-refractivity contribution in [3.8, 4) is 0 Å². The Labute approximate surface area is 182 Å². The minimum absolute atomic E-state index is 0.0607. The molecule has 1 saturated heterocycles. The first-order valence-electron chi connectivity index (χ1n) is 10.5. The van der Waals surface area contributed by atoms with E-state index in [1.165, 1.54) is 6.26 Å². The summed E-state index contributed by atoms with van der Waals surface area (Å²) < 4.78 is 5.25. The molecule has 4 rings (SSSR count). The van der Waals surface area contributed by atoms with E-state index in [9.17, 15) is 9.59 Å². The lowest BCUT2D eigenvalue weighted by Crippen LogP contribution is -2.51. The minimum Gasteiger partial charge on any atom is -0.459 e. The van der Waals surface area contributed by atoms with Gasteiger partial charge in [0.05, 0.1) is 6.26 Å². The van der Waals surface area contributed by atoms with Crippen molar-refractivity contribution in [1.82, 2.24) is 9.80 Å². The van der Waals surface area contributed by atoms with Gasteiger partial charge in [0.25, 0.3) is 5.91 Å². The lowest BCUT2D eigenvalue weighted by atomic mass is 10.0. The van der Waals surface area contributed by atoms with Crippen LogP contribution >= 0.6 is 0 Å². The Balaban J connectivity index is 1.53. The van der Waals surface area contributed by atoms with Crippen molar-refractivity contribution in [3.63, 3.8) is 0 Å². The van der Waals surface area contributed by atoms with Crippen LogP contribution in [0.25, 0.3) is 0 Å². The summed E-state index contributed by atoms with van der Waals surface area (Å²) in [6.07, 6.45) is 1.51. The molecule has 1 atom stereocenters. The molecule has 1 fully saturated rings. The third kappa shape index (κ3) is 4.54. The second-order valence-electron chi connectivity index (χ2n) is 7.87. The summed E-state index contributed by atoms with van der Waals surface area (Å²) in [4.78, 5) is 30.0. The highest BCUT2D eigenvalue weighted by Gasteiger charge is 2.32. The van der Waals surface area contributed by atoms with E-state index in [2.05, 4.69) is 10.2 Å². The molecule has 1 aliphatic heterocycles. The van der Waals surface area contributed by atoms with Crippen molar-refractivity contribution in [2.75, 3.05) is 31.5 Å². The van der Waals surface area contributed by atoms with E-state index < -0.39 is 6.04 Å². The number of carbonyl (C=O) groups is 2. The molecule has 0 aliphatic carbocycles. The lowest BCUT2D eigenvalue weighted by Gasteiger charge is -2.38. The zero-order valence-electron chi connectivity index (χ0n) is 17.9. The zero-order chi connectivity index (χ0) is 21.8. The molecule has 1 N–H and O–H groups in total. The molecule has 0 bridgehead atoms. The summed E-state index contributed by atoms with van der Waals surface area (Å²) in [7, 11) is 0. The standard InChI is InChI=1S/C25H27N3O3/c1-18-8-6-9-19(2)22(18)26-24(29)23(20-10-4-3-5-11-20)27-13-15-28(16-14-27)25(30)21-12-7-17-31-21/h3-12,17,23H,13-16H2,1-2H3,(H,26,29)/t23-/m1/s1. The van der Waals surface area contributed by atoms with Crippen LogP contribution in [0.4, 0.5) is 5.69 Å². The van der Waals surface area contributed by atoms with E-state index in [-0.39, 0.29) is 11.8 Å². The SMILES string of the molecule is Cc1cccc(C)c1NC(=O)[C@@H](c1ccccc1)N1CCN(C(=O)c2ccco2)CC1. The number of rotatable bonds is 5. The molecule has 2 heterocycles. The Morgan fingerprint density at radius 1 is 0.871 bits per heavy atom. The predicted octanol–water partition coefficient (Wildman–Crippen LogP) is 4.03. The highest BCUT2D eigenvalue weighted by atomic mass is 16.3. The number of furan rings is 1. The van der Waals surface area contributed by atoms with Crippen LogP contribution < -0.4 is 5.32 Å². The van der Waals surface area contributed by atoms with E-state index in [4.69, 9.17) is 4.42 Å². The number of hydrogen-bond acceptors (Lipinski definition) is 4. The van der Waals surface area contributed by atoms with Crippen molar-refractivity contribution in [2.24, 2.45) is 0 Å². The Kier molecular flexibility index (Phi) is 6.18. The van der Waals surface area contributed by atoms with Crippen LogP contribution in [0.15, 0.2) is 71.3 Å². The van der Waals surface area contributed by atoms with Gasteiger partial charge in [-0.15, -0.1) is 0 Å². The number of aryl methyl sites for hydroxylation is 2. The van der Waals surface area contributed by atoms with Crippen molar-refractivity contribution in [3.05, 3.63) is 89.4 Å². The maximum Gasteiger partial charge on any atom is 0.289 e. The summed E-state index contributed by atoms with van der Waals surface area (Å²) in [5, 5.41) is 3.15. The molecule has 2 aromatic carbocycles. The molecule has 1 aliphatic rings. The van der Waals surface area contributed by atoms with E-state index in [0.717, 1.165) is 22.4 Å². The largest absolute Gasteiger partial charge is 0.459 e. The third-order valence-electron chi connectivity index (χ3n) is 5.79. The molecule has 160 valence electrons. The van der Waals surface area contributed by atoms with Gasteiger partial charge in [-0.2, -0.15) is 0 Å². The van der Waals surface area contributed by atoms with E-state index in [0.29, 0.717) is 31.9 Å². The molecule has 1 aromatic heterocycles. The fraction of sp³-hybridized carbons (Fsp3) is 0.280. The molecule has 0 unspecified atom stereocenters. The molecule has 0 radical (unpaired) electrons. The average molecular weight is 418 g/mol. The minimum atomic E-state index is -0.430. The number of nitrogens with zero attached hydrogens (tertiary/aromatic N) is 2. The van der Waals surface area contributed by atoms with Crippen LogP contribution in [0.2, 0.25) is 0 Å². The second kappa shape index (κ2) is 9.18. The van der Waals surface area contributed by atoms with E-state index in [1.54, 1.807) is 17.0 Å². The molecule has 0 saturated carbocycles. The van der Waals surface area contributed by atoms with Gasteiger partial charge in [-0.25, -0.2) is 0 Å². The number of anilines is 1. The first kappa shape index (κ1) is 20.9. The summed E-state index contributed by atoms with van der Waals surface area (Å²) in [5.74, 6) is 0.177. The van der Waals surface area contributed by atoms with Crippen molar-refractivity contribution in [2.45, 2.75) is 19.9 Å². The highest BCUT2D eigenvalue weighted by Crippen LogP contribution is 2.27. The quantitative estimate of drug-likeness (QED) is 0.681. The van der Waals surface area contributed by atoms with Crippen molar-refractivity contribution in [1.29, 1.82) is 0 Å². The molecule has 2 amide bonds. The maximum atomic E-state index is 13.5. The fourth-order valence-electron chi connectivity index (χ4n) is 4.11. The number of amides is 2. The van der Waals surface area contributed by atoms with Crippen LogP contribution in [-0.2, 0) is 4.79 Å². The lowest BCUT2D eigenvalue weighted by molar-refractivity contribution is -0.122. The van der Waals surface area contributed by atoms with E-state index in [1.807, 2.05) is 62.4 Å². The van der Waals surface area contributed by atoms with Crippen LogP contribution in [0, 0.1) is 13.8 Å². The van der Waals surface area contributed by atoms with Crippen molar-refractivity contribution >= 4 is 17.5 Å². The van der Waals surface area contributed by atoms with Crippen molar-refractivity contribution < 1.29 is 14.0 Å². The van der Waals surface area contributed by atoms with Gasteiger partial charge >= 0.3 is 0 Å². The predicted molar refractivity (Wildman–Crippen MR) is 120 cm³/mol. The number of para-hydroxylation sites is 1. The number of carbonyl (C=O) groups excluding carboxylic acids is 2. The molecule has 31 heavy (non-hydrogen) atoms. The maximum absolute atomic E-state index is 13.5. The summed E-state index contributed by atoms with van der Waals surface area (Å²) in [6.45, 7) is 6.29. The second-order valence-corrected chi connectivity index (χ2v) is 7.87. The zero-order valence-corrected chi connectivity index (χ0v) is 17.9. The molecular formula is C25H27N3O3. The molecule has 6 nitrogen and oxygen atoms in total. The molecular weight excluding hydrogens is 390 g/mol. The topological polar surface area (TPSA) is 65.8 Å². The van der Waals surface area contributed by atoms with E-state index >= 15 is 0 Å². The Morgan fingerprint density at radius 3 is 2.16 bits per heavy atom. The van der Waals surface area contributed by atoms with Gasteiger partial charge in [-0.3, -0.25) is 14.5 Å². The first-order chi connectivity index (χ1) is 15.0. The van der Waals surface area contributed by atoms with Gasteiger partial charge in [0.2, 0.25) is 5.91 Å². The van der Waals surface area contributed by atoms with Gasteiger partial charge in [0.15, 0.2) is 5.76 Å². The molecule has 3 aromatic rings. The van der Waals surface area contributed by atoms with Gasteiger partial charge in [0.1, 0.15) is 6.04 Å². The first-order valence-corrected chi connectivity index (χ1v) is 10.5. The average Bonchev–Trinajstić information content (AvgIpc) is 3.32. The Hall–Kier alpha value is -3.38. The van der Waals surface area contributed by atoms with Crippen LogP contribution in [0.1, 0.15) is 33.3 Å². The van der Waals surface area contributed by atoms with Gasteiger partial charge in [0, 0.05) is 31.9 Å². The smallest absolute Gasteiger partial charge is 0.289 e. The monoisotopic (exact) mass is 417 g/mol. The Morgan fingerprint density at radius 2 is 1.55 bits per heavy atom.